The minimum atomic E-state index is -0.849. The molecule has 0 rings (SSSR count). The van der Waals surface area contributed by atoms with Crippen molar-refractivity contribution in [2.24, 2.45) is 0 Å². The number of hydrogen-bond acceptors (Lipinski definition) is 5. The molecule has 2 atom stereocenters. The van der Waals surface area contributed by atoms with E-state index < -0.39 is 12.1 Å². The van der Waals surface area contributed by atoms with Gasteiger partial charge >= 0.3 is 5.97 Å². The Kier molecular flexibility index (Phi) is 63.0. The van der Waals surface area contributed by atoms with Crippen LogP contribution in [0.25, 0.3) is 0 Å². The second kappa shape index (κ2) is 64.6. The molecule has 0 saturated carbocycles. The van der Waals surface area contributed by atoms with E-state index in [2.05, 4.69) is 43.5 Å². The van der Waals surface area contributed by atoms with Crippen LogP contribution in [0.4, 0.5) is 0 Å². The molecule has 0 bridgehead atoms. The summed E-state index contributed by atoms with van der Waals surface area (Å²) in [4.78, 5) is 24.6. The fourth-order valence-electron chi connectivity index (χ4n) is 10.4. The van der Waals surface area contributed by atoms with Crippen molar-refractivity contribution in [3.8, 4) is 0 Å². The van der Waals surface area contributed by atoms with E-state index in [4.69, 9.17) is 4.74 Å². The van der Waals surface area contributed by atoms with Crippen molar-refractivity contribution in [3.63, 3.8) is 0 Å². The van der Waals surface area contributed by atoms with Gasteiger partial charge in [0.1, 0.15) is 0 Å². The largest absolute Gasteiger partial charge is 0.466 e. The van der Waals surface area contributed by atoms with E-state index in [1.54, 1.807) is 6.08 Å². The molecule has 0 aromatic heterocycles. The normalized spacial score (nSPS) is 12.7. The van der Waals surface area contributed by atoms with Gasteiger partial charge in [0.2, 0.25) is 5.91 Å². The first-order chi connectivity index (χ1) is 37.0. The highest BCUT2D eigenvalue weighted by Crippen LogP contribution is 2.18. The summed E-state index contributed by atoms with van der Waals surface area (Å²) >= 11 is 0. The van der Waals surface area contributed by atoms with E-state index >= 15 is 0 Å². The zero-order chi connectivity index (χ0) is 54.3. The number of amides is 1. The summed E-state index contributed by atoms with van der Waals surface area (Å²) in [6.07, 6.45) is 82.0. The number of nitrogens with one attached hydrogen (secondary N) is 1. The molecule has 0 aliphatic rings. The maximum Gasteiger partial charge on any atom is 0.305 e. The van der Waals surface area contributed by atoms with Crippen LogP contribution >= 0.6 is 0 Å². The molecule has 0 fully saturated rings. The van der Waals surface area contributed by atoms with Crippen LogP contribution in [0.15, 0.2) is 36.5 Å². The number of aliphatic hydroxyl groups excluding tert-OH is 2. The number of carbonyl (C=O) groups is 2. The molecular formula is C69H131NO5. The first kappa shape index (κ1) is 73.1. The van der Waals surface area contributed by atoms with Gasteiger partial charge < -0.3 is 20.3 Å². The number of rotatable bonds is 63. The molecule has 75 heavy (non-hydrogen) atoms. The van der Waals surface area contributed by atoms with Crippen LogP contribution < -0.4 is 5.32 Å². The highest BCUT2D eigenvalue weighted by molar-refractivity contribution is 5.76. The Hall–Kier alpha value is -1.92. The Morgan fingerprint density at radius 2 is 0.627 bits per heavy atom. The summed E-state index contributed by atoms with van der Waals surface area (Å²) in [6.45, 7) is 4.92. The standard InChI is InChI=1S/C69H131NO5/c1-3-5-7-9-11-13-15-17-19-21-26-31-35-39-43-47-51-55-59-63-69(74)75-64-60-56-52-48-44-40-36-32-28-25-23-22-24-27-30-34-38-42-46-50-54-58-62-68(73)70-66(65-71)67(72)61-57-53-49-45-41-37-33-29-20-18-16-14-12-10-8-6-4-2/h17,19,24,27,57,61,66-67,71-72H,3-16,18,20-23,25-26,28-56,58-60,62-65H2,1-2H3,(H,70,73)/b19-17-,27-24-,61-57+. The van der Waals surface area contributed by atoms with Gasteiger partial charge in [-0.2, -0.15) is 0 Å². The summed E-state index contributed by atoms with van der Waals surface area (Å²) < 4.78 is 5.50. The highest BCUT2D eigenvalue weighted by Gasteiger charge is 2.18. The van der Waals surface area contributed by atoms with Crippen molar-refractivity contribution < 1.29 is 24.5 Å². The van der Waals surface area contributed by atoms with Crippen LogP contribution in [-0.2, 0) is 14.3 Å². The molecule has 2 unspecified atom stereocenters. The van der Waals surface area contributed by atoms with E-state index in [0.717, 1.165) is 51.4 Å². The van der Waals surface area contributed by atoms with Gasteiger partial charge in [0.25, 0.3) is 0 Å². The lowest BCUT2D eigenvalue weighted by molar-refractivity contribution is -0.143. The molecule has 0 aromatic rings. The van der Waals surface area contributed by atoms with Gasteiger partial charge in [-0.25, -0.2) is 0 Å². The molecule has 0 saturated heterocycles. The van der Waals surface area contributed by atoms with Gasteiger partial charge in [-0.15, -0.1) is 0 Å². The van der Waals surface area contributed by atoms with Crippen molar-refractivity contribution in [2.75, 3.05) is 13.2 Å². The number of hydrogen-bond donors (Lipinski definition) is 3. The first-order valence-electron chi connectivity index (χ1n) is 33.8. The lowest BCUT2D eigenvalue weighted by Gasteiger charge is -2.20. The Labute approximate surface area is 468 Å². The zero-order valence-electron chi connectivity index (χ0n) is 50.5. The third-order valence-electron chi connectivity index (χ3n) is 15.6. The number of aliphatic hydroxyl groups is 2. The summed E-state index contributed by atoms with van der Waals surface area (Å²) in [7, 11) is 0. The topological polar surface area (TPSA) is 95.9 Å². The Balaban J connectivity index is 3.42. The number of esters is 1. The quantitative estimate of drug-likeness (QED) is 0.0320. The predicted octanol–water partition coefficient (Wildman–Crippen LogP) is 21.5. The lowest BCUT2D eigenvalue weighted by Crippen LogP contribution is -2.45. The SMILES string of the molecule is CCCCCCCC/C=C\CCCCCCCCCCCC(=O)OCCCCCCCCCCCCC/C=C\CCCCCCCCCC(=O)NC(CO)C(O)/C=C/CCCCCCCCCCCCCCCCC. The zero-order valence-corrected chi connectivity index (χ0v) is 50.5. The Morgan fingerprint density at radius 3 is 0.947 bits per heavy atom. The van der Waals surface area contributed by atoms with Gasteiger partial charge in [0, 0.05) is 12.8 Å². The monoisotopic (exact) mass is 1050 g/mol. The van der Waals surface area contributed by atoms with Crippen molar-refractivity contribution >= 4 is 11.9 Å². The number of ether oxygens (including phenoxy) is 1. The average Bonchev–Trinajstić information content (AvgIpc) is 3.41. The number of carbonyl (C=O) groups excluding carboxylic acids is 2. The van der Waals surface area contributed by atoms with E-state index in [1.165, 1.54) is 289 Å². The first-order valence-corrected chi connectivity index (χ1v) is 33.8. The van der Waals surface area contributed by atoms with Crippen LogP contribution in [0.5, 0.6) is 0 Å². The fourth-order valence-corrected chi connectivity index (χ4v) is 10.4. The fraction of sp³-hybridized carbons (Fsp3) is 0.884. The molecule has 6 nitrogen and oxygen atoms in total. The summed E-state index contributed by atoms with van der Waals surface area (Å²) in [6, 6.07) is -0.634. The summed E-state index contributed by atoms with van der Waals surface area (Å²) in [5.74, 6) is -0.0635. The van der Waals surface area contributed by atoms with Crippen molar-refractivity contribution in [3.05, 3.63) is 36.5 Å². The van der Waals surface area contributed by atoms with Crippen LogP contribution in [0.3, 0.4) is 0 Å². The summed E-state index contributed by atoms with van der Waals surface area (Å²) in [5.41, 5.74) is 0. The molecule has 0 spiro atoms. The molecule has 442 valence electrons. The highest BCUT2D eigenvalue weighted by atomic mass is 16.5. The third kappa shape index (κ3) is 61.2. The van der Waals surface area contributed by atoms with Crippen LogP contribution in [0, 0.1) is 0 Å². The second-order valence-corrected chi connectivity index (χ2v) is 23.1. The van der Waals surface area contributed by atoms with Crippen LogP contribution in [-0.4, -0.2) is 47.4 Å². The smallest absolute Gasteiger partial charge is 0.305 e. The molecule has 1 amide bonds. The number of unbranched alkanes of at least 4 members (excludes halogenated alkanes) is 48. The number of allylic oxidation sites excluding steroid dienone is 5. The van der Waals surface area contributed by atoms with E-state index in [0.29, 0.717) is 19.4 Å². The molecule has 0 aliphatic heterocycles. The predicted molar refractivity (Wildman–Crippen MR) is 329 cm³/mol. The Morgan fingerprint density at radius 1 is 0.360 bits per heavy atom. The van der Waals surface area contributed by atoms with Crippen LogP contribution in [0.2, 0.25) is 0 Å². The van der Waals surface area contributed by atoms with Crippen molar-refractivity contribution in [1.29, 1.82) is 0 Å². The molecule has 6 heteroatoms. The average molecular weight is 1050 g/mol. The van der Waals surface area contributed by atoms with E-state index in [1.807, 2.05) is 6.08 Å². The maximum absolute atomic E-state index is 12.5. The van der Waals surface area contributed by atoms with Crippen LogP contribution in [0.1, 0.15) is 367 Å². The van der Waals surface area contributed by atoms with Gasteiger partial charge in [-0.05, 0) is 83.5 Å². The third-order valence-corrected chi connectivity index (χ3v) is 15.6. The van der Waals surface area contributed by atoms with Gasteiger partial charge in [-0.1, -0.05) is 307 Å². The van der Waals surface area contributed by atoms with Gasteiger partial charge in [0.05, 0.1) is 25.4 Å². The summed E-state index contributed by atoms with van der Waals surface area (Å²) in [5, 5.41) is 23.2. The maximum atomic E-state index is 12.5. The van der Waals surface area contributed by atoms with Crippen molar-refractivity contribution in [2.45, 2.75) is 379 Å². The minimum absolute atomic E-state index is 0.00934. The van der Waals surface area contributed by atoms with Gasteiger partial charge in [0.15, 0.2) is 0 Å². The molecule has 0 aromatic carbocycles. The lowest BCUT2D eigenvalue weighted by atomic mass is 10.0. The minimum Gasteiger partial charge on any atom is -0.466 e. The van der Waals surface area contributed by atoms with Gasteiger partial charge in [-0.3, -0.25) is 9.59 Å². The Bertz CT molecular complexity index is 1210. The molecular weight excluding hydrogens is 923 g/mol. The van der Waals surface area contributed by atoms with Crippen molar-refractivity contribution in [1.82, 2.24) is 5.32 Å². The van der Waals surface area contributed by atoms with E-state index in [9.17, 15) is 19.8 Å². The molecule has 0 radical (unpaired) electrons. The molecule has 0 aliphatic carbocycles. The second-order valence-electron chi connectivity index (χ2n) is 23.1. The molecule has 0 heterocycles. The molecule has 3 N–H and O–H groups in total. The van der Waals surface area contributed by atoms with E-state index in [-0.39, 0.29) is 18.5 Å².